The van der Waals surface area contributed by atoms with Crippen molar-refractivity contribution in [1.82, 2.24) is 20.1 Å². The maximum atomic E-state index is 14.3. The number of benzene rings is 1. The molecule has 0 unspecified atom stereocenters. The van der Waals surface area contributed by atoms with Gasteiger partial charge in [0.2, 0.25) is 11.8 Å². The number of ether oxygens (including phenoxy) is 1. The SMILES string of the molecule is CC[C@](C)(O)c1noc(N2CCC([C@H](C)Oc3cnc(N4C[C@H](c5cc(F)ccc5F)[C@@H](N)C4)nc3)CC2)n1. The fourth-order valence-corrected chi connectivity index (χ4v) is 5.25. The first-order valence-corrected chi connectivity index (χ1v) is 13.4. The van der Waals surface area contributed by atoms with E-state index in [1.807, 2.05) is 23.6 Å². The van der Waals surface area contributed by atoms with Gasteiger partial charge < -0.3 is 29.9 Å². The van der Waals surface area contributed by atoms with Gasteiger partial charge in [-0.15, -0.1) is 0 Å². The first-order chi connectivity index (χ1) is 18.6. The van der Waals surface area contributed by atoms with Gasteiger partial charge in [0, 0.05) is 38.1 Å². The molecule has 3 aromatic rings. The van der Waals surface area contributed by atoms with Gasteiger partial charge in [-0.2, -0.15) is 4.98 Å². The van der Waals surface area contributed by atoms with Crippen LogP contribution in [-0.4, -0.2) is 63.5 Å². The maximum Gasteiger partial charge on any atom is 0.324 e. The van der Waals surface area contributed by atoms with E-state index in [4.69, 9.17) is 15.0 Å². The van der Waals surface area contributed by atoms with Crippen LogP contribution in [0.4, 0.5) is 20.7 Å². The average Bonchev–Trinajstić information content (AvgIpc) is 3.58. The fraction of sp³-hybridized carbons (Fsp3) is 0.556. The molecule has 2 aromatic heterocycles. The van der Waals surface area contributed by atoms with Gasteiger partial charge in [0.25, 0.3) is 0 Å². The minimum Gasteiger partial charge on any atom is -0.487 e. The van der Waals surface area contributed by atoms with Gasteiger partial charge in [0.1, 0.15) is 17.2 Å². The highest BCUT2D eigenvalue weighted by Gasteiger charge is 2.35. The molecule has 4 atom stereocenters. The second-order valence-corrected chi connectivity index (χ2v) is 10.7. The van der Waals surface area contributed by atoms with E-state index < -0.39 is 17.2 Å². The Bertz CT molecular complexity index is 1260. The van der Waals surface area contributed by atoms with Crippen molar-refractivity contribution in [2.24, 2.45) is 11.7 Å². The molecule has 210 valence electrons. The lowest BCUT2D eigenvalue weighted by atomic mass is 9.92. The van der Waals surface area contributed by atoms with E-state index in [2.05, 4.69) is 20.1 Å². The van der Waals surface area contributed by atoms with E-state index in [1.165, 1.54) is 6.07 Å². The number of rotatable bonds is 8. The zero-order chi connectivity index (χ0) is 27.7. The summed E-state index contributed by atoms with van der Waals surface area (Å²) in [6.07, 6.45) is 5.47. The van der Waals surface area contributed by atoms with Gasteiger partial charge in [-0.1, -0.05) is 12.1 Å². The molecule has 0 aliphatic carbocycles. The molecule has 3 N–H and O–H groups in total. The number of aliphatic hydroxyl groups is 1. The van der Waals surface area contributed by atoms with E-state index in [1.54, 1.807) is 19.3 Å². The predicted octanol–water partition coefficient (Wildman–Crippen LogP) is 3.37. The summed E-state index contributed by atoms with van der Waals surface area (Å²) in [7, 11) is 0. The lowest BCUT2D eigenvalue weighted by Gasteiger charge is -2.33. The summed E-state index contributed by atoms with van der Waals surface area (Å²) in [5.41, 5.74) is 5.44. The molecule has 39 heavy (non-hydrogen) atoms. The summed E-state index contributed by atoms with van der Waals surface area (Å²) >= 11 is 0. The van der Waals surface area contributed by atoms with Gasteiger partial charge in [-0.25, -0.2) is 18.7 Å². The van der Waals surface area contributed by atoms with Crippen LogP contribution in [-0.2, 0) is 5.60 Å². The van der Waals surface area contributed by atoms with Gasteiger partial charge in [-0.3, -0.25) is 0 Å². The molecular weight excluding hydrogens is 508 g/mol. The molecule has 2 aliphatic rings. The molecule has 0 radical (unpaired) electrons. The third-order valence-electron chi connectivity index (χ3n) is 8.00. The Balaban J connectivity index is 1.14. The van der Waals surface area contributed by atoms with Crippen LogP contribution < -0.4 is 20.3 Å². The molecule has 12 heteroatoms. The molecule has 2 fully saturated rings. The number of aromatic nitrogens is 4. The number of piperidine rings is 1. The van der Waals surface area contributed by atoms with Crippen molar-refractivity contribution in [2.45, 2.75) is 63.7 Å². The zero-order valence-electron chi connectivity index (χ0n) is 22.4. The van der Waals surface area contributed by atoms with Crippen molar-refractivity contribution in [3.63, 3.8) is 0 Å². The second kappa shape index (κ2) is 11.0. The molecule has 2 saturated heterocycles. The standard InChI is InChI=1S/C27H35F2N7O3/c1-4-27(3,37)24-33-26(39-34-24)35-9-7-17(8-10-35)16(2)38-19-12-31-25(32-13-19)36-14-21(23(30)15-36)20-11-18(28)5-6-22(20)29/h5-6,11-13,16-17,21,23,37H,4,7-10,14-15,30H2,1-3H3/t16-,21+,23-,27-/m0/s1. The smallest absolute Gasteiger partial charge is 0.324 e. The lowest BCUT2D eigenvalue weighted by molar-refractivity contribution is 0.0413. The number of anilines is 2. The normalized spacial score (nSPS) is 22.6. The van der Waals surface area contributed by atoms with Crippen LogP contribution >= 0.6 is 0 Å². The van der Waals surface area contributed by atoms with Gasteiger partial charge >= 0.3 is 6.01 Å². The number of hydrogen-bond acceptors (Lipinski definition) is 10. The number of halogens is 2. The Hall–Kier alpha value is -3.38. The summed E-state index contributed by atoms with van der Waals surface area (Å²) < 4.78 is 39.6. The van der Waals surface area contributed by atoms with Crippen molar-refractivity contribution in [1.29, 1.82) is 0 Å². The van der Waals surface area contributed by atoms with Crippen molar-refractivity contribution in [3.8, 4) is 5.75 Å². The molecule has 5 rings (SSSR count). The summed E-state index contributed by atoms with van der Waals surface area (Å²) in [5, 5.41) is 14.3. The summed E-state index contributed by atoms with van der Waals surface area (Å²) in [4.78, 5) is 17.2. The molecule has 4 heterocycles. The van der Waals surface area contributed by atoms with Crippen molar-refractivity contribution in [3.05, 3.63) is 53.6 Å². The molecule has 0 saturated carbocycles. The van der Waals surface area contributed by atoms with E-state index >= 15 is 0 Å². The van der Waals surface area contributed by atoms with E-state index in [9.17, 15) is 13.9 Å². The first kappa shape index (κ1) is 27.2. The third kappa shape index (κ3) is 5.81. The van der Waals surface area contributed by atoms with Crippen LogP contribution in [0.5, 0.6) is 5.75 Å². The van der Waals surface area contributed by atoms with Crippen LogP contribution in [0.2, 0.25) is 0 Å². The highest BCUT2D eigenvalue weighted by atomic mass is 19.1. The molecule has 0 bridgehead atoms. The summed E-state index contributed by atoms with van der Waals surface area (Å²) in [5.74, 6) is 0.349. The number of hydrogen-bond donors (Lipinski definition) is 2. The molecule has 0 amide bonds. The minimum atomic E-state index is -1.11. The number of nitrogens with two attached hydrogens (primary N) is 1. The van der Waals surface area contributed by atoms with Crippen LogP contribution in [0.15, 0.2) is 35.1 Å². The minimum absolute atomic E-state index is 0.0544. The Morgan fingerprint density at radius 2 is 1.90 bits per heavy atom. The van der Waals surface area contributed by atoms with E-state index in [0.717, 1.165) is 38.1 Å². The van der Waals surface area contributed by atoms with Crippen LogP contribution in [0.1, 0.15) is 57.3 Å². The molecule has 1 aromatic carbocycles. The van der Waals surface area contributed by atoms with Gasteiger partial charge in [-0.05, 0) is 62.8 Å². The van der Waals surface area contributed by atoms with Gasteiger partial charge in [0.05, 0.1) is 18.5 Å². The summed E-state index contributed by atoms with van der Waals surface area (Å²) in [6, 6.07) is 3.51. The quantitative estimate of drug-likeness (QED) is 0.437. The first-order valence-electron chi connectivity index (χ1n) is 13.4. The van der Waals surface area contributed by atoms with Crippen molar-refractivity contribution >= 4 is 12.0 Å². The molecule has 2 aliphatic heterocycles. The zero-order valence-corrected chi connectivity index (χ0v) is 22.4. The topological polar surface area (TPSA) is 127 Å². The van der Waals surface area contributed by atoms with Crippen LogP contribution in [0.3, 0.4) is 0 Å². The molecular formula is C27H35F2N7O3. The molecule has 0 spiro atoms. The summed E-state index contributed by atoms with van der Waals surface area (Å²) in [6.45, 7) is 7.90. The maximum absolute atomic E-state index is 14.3. The highest BCUT2D eigenvalue weighted by molar-refractivity contribution is 5.39. The van der Waals surface area contributed by atoms with Crippen molar-refractivity contribution < 1.29 is 23.1 Å². The Morgan fingerprint density at radius 3 is 2.59 bits per heavy atom. The Morgan fingerprint density at radius 1 is 1.18 bits per heavy atom. The van der Waals surface area contributed by atoms with E-state index in [0.29, 0.717) is 49.0 Å². The van der Waals surface area contributed by atoms with Gasteiger partial charge in [0.15, 0.2) is 5.75 Å². The number of nitrogens with zero attached hydrogens (tertiary/aromatic N) is 6. The third-order valence-corrected chi connectivity index (χ3v) is 8.00. The fourth-order valence-electron chi connectivity index (χ4n) is 5.25. The van der Waals surface area contributed by atoms with Crippen molar-refractivity contribution in [2.75, 3.05) is 36.0 Å². The molecule has 10 nitrogen and oxygen atoms in total. The monoisotopic (exact) mass is 543 g/mol. The second-order valence-electron chi connectivity index (χ2n) is 10.7. The van der Waals surface area contributed by atoms with E-state index in [-0.39, 0.29) is 23.6 Å². The lowest BCUT2D eigenvalue weighted by Crippen LogP contribution is -2.39. The van der Waals surface area contributed by atoms with Crippen LogP contribution in [0, 0.1) is 17.6 Å². The Labute approximate surface area is 226 Å². The predicted molar refractivity (Wildman–Crippen MR) is 141 cm³/mol. The Kier molecular flexibility index (Phi) is 7.68. The van der Waals surface area contributed by atoms with Crippen LogP contribution in [0.25, 0.3) is 0 Å². The highest BCUT2D eigenvalue weighted by Crippen LogP contribution is 2.32. The largest absolute Gasteiger partial charge is 0.487 e. The average molecular weight is 544 g/mol.